The van der Waals surface area contributed by atoms with Gasteiger partial charge in [0.15, 0.2) is 11.6 Å². The van der Waals surface area contributed by atoms with E-state index in [1.165, 1.54) is 37.6 Å². The van der Waals surface area contributed by atoms with Crippen LogP contribution in [-0.4, -0.2) is 26.4 Å². The second kappa shape index (κ2) is 8.28. The van der Waals surface area contributed by atoms with Crippen molar-refractivity contribution in [1.29, 1.82) is 0 Å². The first-order chi connectivity index (χ1) is 13.4. The lowest BCUT2D eigenvalue weighted by molar-refractivity contribution is 0.102. The van der Waals surface area contributed by atoms with E-state index in [1.54, 1.807) is 36.4 Å². The van der Waals surface area contributed by atoms with Crippen LogP contribution in [0, 0.1) is 0 Å². The minimum absolute atomic E-state index is 0.0226. The molecule has 9 heteroatoms. The number of nitrogens with zero attached hydrogens (tertiary/aromatic N) is 1. The van der Waals surface area contributed by atoms with Crippen molar-refractivity contribution in [3.05, 3.63) is 77.4 Å². The molecule has 3 aromatic rings. The van der Waals surface area contributed by atoms with Crippen LogP contribution in [0.5, 0.6) is 5.75 Å². The molecular formula is C19H16ClN3O4S. The highest BCUT2D eigenvalue weighted by atomic mass is 35.5. The van der Waals surface area contributed by atoms with Gasteiger partial charge < -0.3 is 10.1 Å². The fourth-order valence-electron chi connectivity index (χ4n) is 2.35. The van der Waals surface area contributed by atoms with Gasteiger partial charge in [0.05, 0.1) is 12.0 Å². The van der Waals surface area contributed by atoms with Gasteiger partial charge in [-0.15, -0.1) is 0 Å². The molecule has 0 bridgehead atoms. The smallest absolute Gasteiger partial charge is 0.261 e. The van der Waals surface area contributed by atoms with Crippen LogP contribution in [-0.2, 0) is 10.0 Å². The Balaban J connectivity index is 1.75. The van der Waals surface area contributed by atoms with Crippen molar-refractivity contribution < 1.29 is 17.9 Å². The molecule has 0 atom stereocenters. The number of carbonyl (C=O) groups is 1. The van der Waals surface area contributed by atoms with Crippen molar-refractivity contribution in [2.75, 3.05) is 17.1 Å². The Kier molecular flexibility index (Phi) is 5.81. The molecule has 3 rings (SSSR count). The molecule has 2 aromatic carbocycles. The zero-order valence-electron chi connectivity index (χ0n) is 14.7. The number of aromatic nitrogens is 1. The predicted molar refractivity (Wildman–Crippen MR) is 107 cm³/mol. The second-order valence-corrected chi connectivity index (χ2v) is 7.76. The Hall–Kier alpha value is -3.10. The van der Waals surface area contributed by atoms with Crippen molar-refractivity contribution in [3.63, 3.8) is 0 Å². The Morgan fingerprint density at radius 3 is 2.36 bits per heavy atom. The summed E-state index contributed by atoms with van der Waals surface area (Å²) in [5, 5.41) is 3.13. The summed E-state index contributed by atoms with van der Waals surface area (Å²) in [4.78, 5) is 16.5. The Morgan fingerprint density at radius 2 is 1.71 bits per heavy atom. The first kappa shape index (κ1) is 19.7. The molecule has 0 unspecified atom stereocenters. The highest BCUT2D eigenvalue weighted by molar-refractivity contribution is 7.92. The summed E-state index contributed by atoms with van der Waals surface area (Å²) in [6.45, 7) is 0. The maximum absolute atomic E-state index is 12.5. The van der Waals surface area contributed by atoms with Crippen LogP contribution >= 0.6 is 11.6 Å². The fraction of sp³-hybridized carbons (Fsp3) is 0.0526. The lowest BCUT2D eigenvalue weighted by Gasteiger charge is -2.10. The van der Waals surface area contributed by atoms with Gasteiger partial charge in [-0.1, -0.05) is 11.6 Å². The molecule has 0 aliphatic rings. The van der Waals surface area contributed by atoms with Crippen LogP contribution in [0.3, 0.4) is 0 Å². The van der Waals surface area contributed by atoms with E-state index in [2.05, 4.69) is 15.0 Å². The lowest BCUT2D eigenvalue weighted by atomic mass is 10.2. The van der Waals surface area contributed by atoms with Crippen LogP contribution in [0.4, 0.5) is 11.5 Å². The van der Waals surface area contributed by atoms with Crippen molar-refractivity contribution in [2.24, 2.45) is 0 Å². The van der Waals surface area contributed by atoms with E-state index >= 15 is 0 Å². The van der Waals surface area contributed by atoms with Crippen LogP contribution in [0.1, 0.15) is 10.4 Å². The number of amides is 1. The van der Waals surface area contributed by atoms with E-state index in [4.69, 9.17) is 16.3 Å². The van der Waals surface area contributed by atoms with Gasteiger partial charge in [-0.2, -0.15) is 0 Å². The molecule has 0 saturated heterocycles. The maximum Gasteiger partial charge on any atom is 0.261 e. The number of halogens is 1. The third kappa shape index (κ3) is 4.59. The average Bonchev–Trinajstić information content (AvgIpc) is 2.70. The van der Waals surface area contributed by atoms with Crippen LogP contribution in [0.2, 0.25) is 5.02 Å². The quantitative estimate of drug-likeness (QED) is 0.635. The number of pyridine rings is 1. The third-order valence-corrected chi connectivity index (χ3v) is 5.39. The Bertz CT molecular complexity index is 1080. The average molecular weight is 418 g/mol. The number of benzene rings is 2. The SMILES string of the molecule is COc1cccnc1NC(=O)c1ccc(S(=O)(=O)Nc2ccc(Cl)cc2)cc1. The molecule has 28 heavy (non-hydrogen) atoms. The second-order valence-electron chi connectivity index (χ2n) is 5.65. The standard InChI is InChI=1S/C19H16ClN3O4S/c1-27-17-3-2-12-21-18(17)22-19(24)13-4-10-16(11-5-13)28(25,26)23-15-8-6-14(20)7-9-15/h2-12,23H,1H3,(H,21,22,24). The summed E-state index contributed by atoms with van der Waals surface area (Å²) in [5.74, 6) is 0.255. The normalized spacial score (nSPS) is 10.9. The molecule has 1 amide bonds. The highest BCUT2D eigenvalue weighted by Gasteiger charge is 2.16. The number of sulfonamides is 1. The van der Waals surface area contributed by atoms with E-state index in [9.17, 15) is 13.2 Å². The molecule has 1 aromatic heterocycles. The van der Waals surface area contributed by atoms with Crippen molar-refractivity contribution in [2.45, 2.75) is 4.90 Å². The summed E-state index contributed by atoms with van der Waals surface area (Å²) in [5.41, 5.74) is 0.659. The monoisotopic (exact) mass is 417 g/mol. The van der Waals surface area contributed by atoms with Gasteiger partial charge in [-0.05, 0) is 60.7 Å². The minimum Gasteiger partial charge on any atom is -0.493 e. The summed E-state index contributed by atoms with van der Waals surface area (Å²) in [7, 11) is -2.32. The molecule has 0 fully saturated rings. The van der Waals surface area contributed by atoms with Crippen molar-refractivity contribution in [1.82, 2.24) is 4.98 Å². The zero-order chi connectivity index (χ0) is 20.1. The van der Waals surface area contributed by atoms with Crippen LogP contribution < -0.4 is 14.8 Å². The molecular weight excluding hydrogens is 402 g/mol. The fourth-order valence-corrected chi connectivity index (χ4v) is 3.53. The molecule has 7 nitrogen and oxygen atoms in total. The summed E-state index contributed by atoms with van der Waals surface area (Å²) in [6.07, 6.45) is 1.52. The van der Waals surface area contributed by atoms with Gasteiger partial charge in [0.1, 0.15) is 0 Å². The molecule has 144 valence electrons. The first-order valence-electron chi connectivity index (χ1n) is 8.08. The topological polar surface area (TPSA) is 97.4 Å². The van der Waals surface area contributed by atoms with Crippen LogP contribution in [0.25, 0.3) is 0 Å². The van der Waals surface area contributed by atoms with Gasteiger partial charge in [0.2, 0.25) is 0 Å². The van der Waals surface area contributed by atoms with Crippen LogP contribution in [0.15, 0.2) is 71.8 Å². The number of nitrogens with one attached hydrogen (secondary N) is 2. The molecule has 0 aliphatic heterocycles. The van der Waals surface area contributed by atoms with Gasteiger partial charge in [0, 0.05) is 22.5 Å². The highest BCUT2D eigenvalue weighted by Crippen LogP contribution is 2.22. The molecule has 0 aliphatic carbocycles. The summed E-state index contributed by atoms with van der Waals surface area (Å²) >= 11 is 5.80. The number of ether oxygens (including phenoxy) is 1. The molecule has 0 saturated carbocycles. The van der Waals surface area contributed by atoms with E-state index in [0.717, 1.165) is 0 Å². The Labute approximate surface area is 167 Å². The van der Waals surface area contributed by atoms with E-state index in [0.29, 0.717) is 16.5 Å². The number of anilines is 2. The largest absolute Gasteiger partial charge is 0.493 e. The van der Waals surface area contributed by atoms with Gasteiger partial charge in [0.25, 0.3) is 15.9 Å². The number of methoxy groups -OCH3 is 1. The van der Waals surface area contributed by atoms with Gasteiger partial charge in [-0.3, -0.25) is 9.52 Å². The minimum atomic E-state index is -3.80. The molecule has 0 radical (unpaired) electrons. The lowest BCUT2D eigenvalue weighted by Crippen LogP contribution is -2.15. The van der Waals surface area contributed by atoms with Gasteiger partial charge in [-0.25, -0.2) is 13.4 Å². The Morgan fingerprint density at radius 1 is 1.04 bits per heavy atom. The maximum atomic E-state index is 12.5. The number of hydrogen-bond donors (Lipinski definition) is 2. The molecule has 2 N–H and O–H groups in total. The zero-order valence-corrected chi connectivity index (χ0v) is 16.3. The number of rotatable bonds is 6. The van der Waals surface area contributed by atoms with E-state index < -0.39 is 15.9 Å². The van der Waals surface area contributed by atoms with E-state index in [1.807, 2.05) is 0 Å². The molecule has 0 spiro atoms. The summed E-state index contributed by atoms with van der Waals surface area (Å²) in [6, 6.07) is 15.2. The van der Waals surface area contributed by atoms with Gasteiger partial charge >= 0.3 is 0 Å². The summed E-state index contributed by atoms with van der Waals surface area (Å²) < 4.78 is 32.5. The van der Waals surface area contributed by atoms with E-state index in [-0.39, 0.29) is 16.3 Å². The van der Waals surface area contributed by atoms with Crippen molar-refractivity contribution >= 4 is 39.0 Å². The number of hydrogen-bond acceptors (Lipinski definition) is 5. The van der Waals surface area contributed by atoms with Crippen molar-refractivity contribution in [3.8, 4) is 5.75 Å². The predicted octanol–water partition coefficient (Wildman–Crippen LogP) is 3.80. The first-order valence-corrected chi connectivity index (χ1v) is 9.94. The number of carbonyl (C=O) groups excluding carboxylic acids is 1. The third-order valence-electron chi connectivity index (χ3n) is 3.75. The molecule has 1 heterocycles.